The van der Waals surface area contributed by atoms with E-state index in [0.717, 1.165) is 11.1 Å². The Morgan fingerprint density at radius 2 is 1.71 bits per heavy atom. The van der Waals surface area contributed by atoms with Crippen molar-refractivity contribution in [1.82, 2.24) is 0 Å². The number of ketones is 1. The number of methoxy groups -OCH3 is 2. The van der Waals surface area contributed by atoms with Gasteiger partial charge in [-0.05, 0) is 35.4 Å². The molecule has 2 unspecified atom stereocenters. The second-order valence-electron chi connectivity index (χ2n) is 6.04. The van der Waals surface area contributed by atoms with Gasteiger partial charge < -0.3 is 18.9 Å². The second kappa shape index (κ2) is 5.44. The topological polar surface area (TPSA) is 54.0 Å². The van der Waals surface area contributed by atoms with Crippen LogP contribution in [-0.4, -0.2) is 26.8 Å². The van der Waals surface area contributed by atoms with Crippen LogP contribution in [0.1, 0.15) is 34.3 Å². The van der Waals surface area contributed by atoms with E-state index >= 15 is 0 Å². The number of rotatable bonds is 3. The van der Waals surface area contributed by atoms with Gasteiger partial charge in [-0.25, -0.2) is 0 Å². The number of fused-ring (bicyclic) bond motifs is 2. The highest BCUT2D eigenvalue weighted by atomic mass is 16.7. The minimum Gasteiger partial charge on any atom is -0.493 e. The minimum absolute atomic E-state index is 0.0400. The van der Waals surface area contributed by atoms with Crippen molar-refractivity contribution in [2.24, 2.45) is 5.92 Å². The molecule has 0 amide bonds. The maximum atomic E-state index is 12.7. The lowest BCUT2D eigenvalue weighted by molar-refractivity contribution is 0.0939. The van der Waals surface area contributed by atoms with Crippen molar-refractivity contribution in [3.8, 4) is 23.0 Å². The smallest absolute Gasteiger partial charge is 0.231 e. The van der Waals surface area contributed by atoms with Gasteiger partial charge in [-0.3, -0.25) is 4.79 Å². The Morgan fingerprint density at radius 1 is 1.00 bits per heavy atom. The van der Waals surface area contributed by atoms with Gasteiger partial charge in [-0.15, -0.1) is 0 Å². The van der Waals surface area contributed by atoms with Crippen molar-refractivity contribution in [1.29, 1.82) is 0 Å². The average Bonchev–Trinajstić information content (AvgIpc) is 3.16. The van der Waals surface area contributed by atoms with Crippen LogP contribution in [0.25, 0.3) is 0 Å². The molecule has 5 heteroatoms. The summed E-state index contributed by atoms with van der Waals surface area (Å²) in [5.41, 5.74) is 2.71. The summed E-state index contributed by atoms with van der Waals surface area (Å²) < 4.78 is 21.6. The van der Waals surface area contributed by atoms with E-state index in [9.17, 15) is 4.79 Å². The van der Waals surface area contributed by atoms with Crippen LogP contribution in [0.3, 0.4) is 0 Å². The molecule has 2 aromatic carbocycles. The molecule has 1 aliphatic carbocycles. The van der Waals surface area contributed by atoms with Crippen molar-refractivity contribution in [2.75, 3.05) is 21.0 Å². The molecule has 0 spiro atoms. The molecule has 2 aliphatic rings. The van der Waals surface area contributed by atoms with Gasteiger partial charge in [0, 0.05) is 17.4 Å². The molecule has 1 heterocycles. The zero-order valence-corrected chi connectivity index (χ0v) is 13.8. The lowest BCUT2D eigenvalue weighted by Crippen LogP contribution is -2.10. The number of benzene rings is 2. The summed E-state index contributed by atoms with van der Waals surface area (Å²) in [7, 11) is 3.21. The summed E-state index contributed by atoms with van der Waals surface area (Å²) in [4.78, 5) is 12.7. The standard InChI is InChI=1S/C19H18O5/c1-10-18(11-4-5-14(21-2)15(6-11)22-3)12-7-16-17(24-9-23-16)8-13(12)19(10)20/h4-8,10,18H,9H2,1-3H3. The van der Waals surface area contributed by atoms with E-state index in [2.05, 4.69) is 0 Å². The van der Waals surface area contributed by atoms with Crippen LogP contribution in [0, 0.1) is 5.92 Å². The lowest BCUT2D eigenvalue weighted by Gasteiger charge is -2.18. The van der Waals surface area contributed by atoms with Crippen LogP contribution in [0.4, 0.5) is 0 Å². The number of Topliss-reactive ketones (excluding diaryl/α,β-unsaturated/α-hetero) is 1. The summed E-state index contributed by atoms with van der Waals surface area (Å²) in [6.07, 6.45) is 0. The molecule has 5 nitrogen and oxygen atoms in total. The molecule has 0 saturated carbocycles. The number of ether oxygens (including phenoxy) is 4. The van der Waals surface area contributed by atoms with Crippen molar-refractivity contribution >= 4 is 5.78 Å². The van der Waals surface area contributed by atoms with Crippen LogP contribution in [0.2, 0.25) is 0 Å². The summed E-state index contributed by atoms with van der Waals surface area (Å²) in [6.45, 7) is 2.15. The molecular formula is C19H18O5. The fourth-order valence-electron chi connectivity index (χ4n) is 3.61. The van der Waals surface area contributed by atoms with E-state index in [0.29, 0.717) is 28.6 Å². The molecule has 0 N–H and O–H groups in total. The predicted molar refractivity (Wildman–Crippen MR) is 87.4 cm³/mol. The molecule has 1 aliphatic heterocycles. The van der Waals surface area contributed by atoms with Crippen molar-refractivity contribution < 1.29 is 23.7 Å². The molecule has 0 fully saturated rings. The lowest BCUT2D eigenvalue weighted by atomic mass is 9.86. The van der Waals surface area contributed by atoms with E-state index in [-0.39, 0.29) is 24.4 Å². The van der Waals surface area contributed by atoms with Gasteiger partial charge in [0.15, 0.2) is 28.8 Å². The van der Waals surface area contributed by atoms with Gasteiger partial charge in [-0.2, -0.15) is 0 Å². The third-order valence-corrected chi connectivity index (χ3v) is 4.83. The monoisotopic (exact) mass is 326 g/mol. The fraction of sp³-hybridized carbons (Fsp3) is 0.316. The Morgan fingerprint density at radius 3 is 2.42 bits per heavy atom. The van der Waals surface area contributed by atoms with E-state index in [1.54, 1.807) is 20.3 Å². The van der Waals surface area contributed by atoms with Gasteiger partial charge >= 0.3 is 0 Å². The molecule has 0 radical (unpaired) electrons. The average molecular weight is 326 g/mol. The van der Waals surface area contributed by atoms with E-state index in [1.807, 2.05) is 31.2 Å². The van der Waals surface area contributed by atoms with Crippen molar-refractivity contribution in [3.63, 3.8) is 0 Å². The van der Waals surface area contributed by atoms with Crippen LogP contribution in [0.5, 0.6) is 23.0 Å². The van der Waals surface area contributed by atoms with Crippen LogP contribution in [0.15, 0.2) is 30.3 Å². The first-order valence-corrected chi connectivity index (χ1v) is 7.83. The molecule has 0 bridgehead atoms. The zero-order valence-electron chi connectivity index (χ0n) is 13.8. The molecule has 0 aromatic heterocycles. The fourth-order valence-corrected chi connectivity index (χ4v) is 3.61. The van der Waals surface area contributed by atoms with E-state index in [1.165, 1.54) is 0 Å². The van der Waals surface area contributed by atoms with Crippen molar-refractivity contribution in [2.45, 2.75) is 12.8 Å². The maximum Gasteiger partial charge on any atom is 0.231 e. The molecule has 24 heavy (non-hydrogen) atoms. The SMILES string of the molecule is COc1ccc(C2c3cc4c(cc3C(=O)C2C)OCO4)cc1OC. The number of hydrogen-bond acceptors (Lipinski definition) is 5. The Hall–Kier alpha value is -2.69. The molecule has 0 saturated heterocycles. The van der Waals surface area contributed by atoms with E-state index in [4.69, 9.17) is 18.9 Å². The second-order valence-corrected chi connectivity index (χ2v) is 6.04. The summed E-state index contributed by atoms with van der Waals surface area (Å²) in [6, 6.07) is 9.52. The summed E-state index contributed by atoms with van der Waals surface area (Å²) in [5.74, 6) is 2.60. The quantitative estimate of drug-likeness (QED) is 0.865. The molecule has 4 rings (SSSR count). The first-order valence-electron chi connectivity index (χ1n) is 7.83. The Bertz CT molecular complexity index is 827. The highest BCUT2D eigenvalue weighted by Crippen LogP contribution is 2.48. The van der Waals surface area contributed by atoms with Crippen LogP contribution >= 0.6 is 0 Å². The van der Waals surface area contributed by atoms with E-state index < -0.39 is 0 Å². The first-order chi connectivity index (χ1) is 11.6. The molecule has 2 atom stereocenters. The van der Waals surface area contributed by atoms with Gasteiger partial charge in [0.2, 0.25) is 6.79 Å². The van der Waals surface area contributed by atoms with Gasteiger partial charge in [-0.1, -0.05) is 13.0 Å². The Labute approximate surface area is 140 Å². The highest BCUT2D eigenvalue weighted by molar-refractivity contribution is 6.04. The van der Waals surface area contributed by atoms with Gasteiger partial charge in [0.1, 0.15) is 0 Å². The van der Waals surface area contributed by atoms with Gasteiger partial charge in [0.25, 0.3) is 0 Å². The summed E-state index contributed by atoms with van der Waals surface area (Å²) in [5, 5.41) is 0. The summed E-state index contributed by atoms with van der Waals surface area (Å²) >= 11 is 0. The third kappa shape index (κ3) is 2.04. The van der Waals surface area contributed by atoms with Gasteiger partial charge in [0.05, 0.1) is 14.2 Å². The number of carbonyl (C=O) groups excluding carboxylic acids is 1. The number of hydrogen-bond donors (Lipinski definition) is 0. The maximum absolute atomic E-state index is 12.7. The largest absolute Gasteiger partial charge is 0.493 e. The molecular weight excluding hydrogens is 308 g/mol. The zero-order chi connectivity index (χ0) is 16.8. The molecule has 124 valence electrons. The minimum atomic E-state index is -0.152. The Balaban J connectivity index is 1.84. The first kappa shape index (κ1) is 14.9. The normalized spacial score (nSPS) is 20.9. The van der Waals surface area contributed by atoms with Crippen LogP contribution < -0.4 is 18.9 Å². The molecule has 2 aromatic rings. The third-order valence-electron chi connectivity index (χ3n) is 4.83. The van der Waals surface area contributed by atoms with Crippen LogP contribution in [-0.2, 0) is 0 Å². The number of carbonyl (C=O) groups is 1. The van der Waals surface area contributed by atoms with Crippen molar-refractivity contribution in [3.05, 3.63) is 47.0 Å². The predicted octanol–water partition coefficient (Wildman–Crippen LogP) is 3.40. The highest BCUT2D eigenvalue weighted by Gasteiger charge is 2.39. The Kier molecular flexibility index (Phi) is 3.37.